The minimum atomic E-state index is -0.676. The molecule has 0 aliphatic heterocycles. The van der Waals surface area contributed by atoms with Crippen LogP contribution in [0.2, 0.25) is 10.0 Å². The average molecular weight is 334 g/mol. The maximum atomic E-state index is 12.4. The van der Waals surface area contributed by atoms with Gasteiger partial charge in [0, 0.05) is 5.02 Å². The molecule has 0 bridgehead atoms. The normalized spacial score (nSPS) is 9.90. The molecule has 0 spiro atoms. The Hall–Kier alpha value is -1.79. The summed E-state index contributed by atoms with van der Waals surface area (Å²) in [4.78, 5) is 36.1. The zero-order chi connectivity index (χ0) is 16.0. The van der Waals surface area contributed by atoms with Gasteiger partial charge in [-0.15, -0.1) is 0 Å². The summed E-state index contributed by atoms with van der Waals surface area (Å²) < 4.78 is 8.98. The Balaban J connectivity index is 3.05. The van der Waals surface area contributed by atoms with Crippen LogP contribution in [0.3, 0.4) is 0 Å². The predicted octanol–water partition coefficient (Wildman–Crippen LogP) is 1.78. The first-order chi connectivity index (χ1) is 9.88. The van der Waals surface area contributed by atoms with Gasteiger partial charge in [0.15, 0.2) is 0 Å². The summed E-state index contributed by atoms with van der Waals surface area (Å²) in [5, 5.41) is 0.461. The van der Waals surface area contributed by atoms with E-state index >= 15 is 0 Å². The van der Waals surface area contributed by atoms with Gasteiger partial charge in [0.25, 0.3) is 5.91 Å². The van der Waals surface area contributed by atoms with Gasteiger partial charge in [0.2, 0.25) is 0 Å². The van der Waals surface area contributed by atoms with Crippen molar-refractivity contribution in [2.75, 3.05) is 27.3 Å². The van der Waals surface area contributed by atoms with Crippen molar-refractivity contribution in [3.8, 4) is 0 Å². The van der Waals surface area contributed by atoms with Crippen LogP contribution < -0.4 is 0 Å². The highest BCUT2D eigenvalue weighted by Crippen LogP contribution is 2.22. The Kier molecular flexibility index (Phi) is 6.45. The van der Waals surface area contributed by atoms with Crippen LogP contribution in [0.5, 0.6) is 0 Å². The lowest BCUT2D eigenvalue weighted by Gasteiger charge is -2.20. The van der Waals surface area contributed by atoms with Gasteiger partial charge in [-0.25, -0.2) is 0 Å². The topological polar surface area (TPSA) is 72.9 Å². The van der Waals surface area contributed by atoms with E-state index in [1.165, 1.54) is 32.4 Å². The molecule has 0 saturated heterocycles. The Bertz CT molecular complexity index is 543. The molecule has 8 heteroatoms. The molecule has 0 heterocycles. The highest BCUT2D eigenvalue weighted by Gasteiger charge is 2.24. The fourth-order valence-electron chi connectivity index (χ4n) is 1.47. The molecule has 0 radical (unpaired) electrons. The number of carbonyl (C=O) groups is 3. The summed E-state index contributed by atoms with van der Waals surface area (Å²) in [5.41, 5.74) is 0.0805. The number of benzene rings is 1. The molecule has 1 rings (SSSR count). The van der Waals surface area contributed by atoms with Crippen LogP contribution in [0.1, 0.15) is 10.4 Å². The summed E-state index contributed by atoms with van der Waals surface area (Å²) in [6.07, 6.45) is 0. The van der Waals surface area contributed by atoms with Gasteiger partial charge in [-0.3, -0.25) is 14.4 Å². The first-order valence-electron chi connectivity index (χ1n) is 5.77. The van der Waals surface area contributed by atoms with Crippen molar-refractivity contribution in [3.05, 3.63) is 33.8 Å². The SMILES string of the molecule is COC(=O)CN(CC(=O)OC)C(=O)c1cc(Cl)ccc1Cl. The Morgan fingerprint density at radius 2 is 1.57 bits per heavy atom. The number of carbonyl (C=O) groups excluding carboxylic acids is 3. The maximum absolute atomic E-state index is 12.4. The average Bonchev–Trinajstić information content (AvgIpc) is 2.47. The van der Waals surface area contributed by atoms with Gasteiger partial charge in [0.1, 0.15) is 13.1 Å². The Morgan fingerprint density at radius 1 is 1.05 bits per heavy atom. The lowest BCUT2D eigenvalue weighted by Crippen LogP contribution is -2.40. The van der Waals surface area contributed by atoms with E-state index in [1.807, 2.05) is 0 Å². The van der Waals surface area contributed by atoms with Crippen LogP contribution in [-0.4, -0.2) is 50.1 Å². The number of nitrogens with zero attached hydrogens (tertiary/aromatic N) is 1. The molecule has 0 N–H and O–H groups in total. The first kappa shape index (κ1) is 17.3. The van der Waals surface area contributed by atoms with Crippen molar-refractivity contribution in [3.63, 3.8) is 0 Å². The lowest BCUT2D eigenvalue weighted by molar-refractivity contribution is -0.144. The number of methoxy groups -OCH3 is 2. The van der Waals surface area contributed by atoms with Crippen LogP contribution in [0.15, 0.2) is 18.2 Å². The molecular weight excluding hydrogens is 321 g/mol. The standard InChI is InChI=1S/C13H13Cl2NO5/c1-20-11(17)6-16(7-12(18)21-2)13(19)9-5-8(14)3-4-10(9)15/h3-5H,6-7H2,1-2H3. The molecule has 6 nitrogen and oxygen atoms in total. The molecule has 0 aliphatic carbocycles. The van der Waals surface area contributed by atoms with Crippen LogP contribution in [0.4, 0.5) is 0 Å². The first-order valence-corrected chi connectivity index (χ1v) is 6.52. The molecular formula is C13H13Cl2NO5. The Labute approximate surface area is 131 Å². The molecule has 21 heavy (non-hydrogen) atoms. The van der Waals surface area contributed by atoms with Crippen molar-refractivity contribution >= 4 is 41.0 Å². The third kappa shape index (κ3) is 4.91. The maximum Gasteiger partial charge on any atom is 0.325 e. The quantitative estimate of drug-likeness (QED) is 0.768. The molecule has 0 aliphatic rings. The second kappa shape index (κ2) is 7.85. The number of amides is 1. The minimum Gasteiger partial charge on any atom is -0.468 e. The second-order valence-electron chi connectivity index (χ2n) is 3.94. The van der Waals surface area contributed by atoms with Crippen molar-refractivity contribution in [1.82, 2.24) is 4.90 Å². The predicted molar refractivity (Wildman–Crippen MR) is 76.4 cm³/mol. The molecule has 114 valence electrons. The number of hydrogen-bond donors (Lipinski definition) is 0. The fourth-order valence-corrected chi connectivity index (χ4v) is 1.84. The highest BCUT2D eigenvalue weighted by molar-refractivity contribution is 6.35. The van der Waals surface area contributed by atoms with E-state index in [0.29, 0.717) is 5.02 Å². The number of esters is 2. The van der Waals surface area contributed by atoms with Gasteiger partial charge < -0.3 is 14.4 Å². The van der Waals surface area contributed by atoms with Crippen LogP contribution >= 0.6 is 23.2 Å². The van der Waals surface area contributed by atoms with Crippen LogP contribution in [0, 0.1) is 0 Å². The number of hydrogen-bond acceptors (Lipinski definition) is 5. The van der Waals surface area contributed by atoms with Gasteiger partial charge in [-0.05, 0) is 18.2 Å². The van der Waals surface area contributed by atoms with Crippen molar-refractivity contribution < 1.29 is 23.9 Å². The zero-order valence-electron chi connectivity index (χ0n) is 11.4. The van der Waals surface area contributed by atoms with E-state index in [-0.39, 0.29) is 10.6 Å². The summed E-state index contributed by atoms with van der Waals surface area (Å²) in [6.45, 7) is -0.819. The van der Waals surface area contributed by atoms with Gasteiger partial charge in [-0.1, -0.05) is 23.2 Å². The molecule has 1 amide bonds. The molecule has 1 aromatic rings. The van der Waals surface area contributed by atoms with Gasteiger partial charge in [-0.2, -0.15) is 0 Å². The molecule has 0 aromatic heterocycles. The van der Waals surface area contributed by atoms with E-state index in [1.54, 1.807) is 0 Å². The number of ether oxygens (including phenoxy) is 2. The smallest absolute Gasteiger partial charge is 0.325 e. The van der Waals surface area contributed by atoms with E-state index in [2.05, 4.69) is 9.47 Å². The molecule has 0 atom stereocenters. The Morgan fingerprint density at radius 3 is 2.05 bits per heavy atom. The minimum absolute atomic E-state index is 0.0805. The summed E-state index contributed by atoms with van der Waals surface area (Å²) >= 11 is 11.8. The van der Waals surface area contributed by atoms with E-state index < -0.39 is 30.9 Å². The van der Waals surface area contributed by atoms with Gasteiger partial charge >= 0.3 is 11.9 Å². The van der Waals surface area contributed by atoms with E-state index in [9.17, 15) is 14.4 Å². The highest BCUT2D eigenvalue weighted by atomic mass is 35.5. The van der Waals surface area contributed by atoms with E-state index in [4.69, 9.17) is 23.2 Å². The number of halogens is 2. The van der Waals surface area contributed by atoms with E-state index in [0.717, 1.165) is 4.90 Å². The second-order valence-corrected chi connectivity index (χ2v) is 4.78. The summed E-state index contributed by atoms with van der Waals surface area (Å²) in [5.74, 6) is -1.98. The monoisotopic (exact) mass is 333 g/mol. The molecule has 1 aromatic carbocycles. The largest absolute Gasteiger partial charge is 0.468 e. The van der Waals surface area contributed by atoms with Crippen LogP contribution in [0.25, 0.3) is 0 Å². The summed E-state index contributed by atoms with van der Waals surface area (Å²) in [7, 11) is 2.35. The van der Waals surface area contributed by atoms with Crippen molar-refractivity contribution in [1.29, 1.82) is 0 Å². The van der Waals surface area contributed by atoms with Gasteiger partial charge in [0.05, 0.1) is 24.8 Å². The fraction of sp³-hybridized carbons (Fsp3) is 0.308. The third-order valence-corrected chi connectivity index (χ3v) is 3.11. The lowest BCUT2D eigenvalue weighted by atomic mass is 10.2. The van der Waals surface area contributed by atoms with Crippen molar-refractivity contribution in [2.45, 2.75) is 0 Å². The summed E-state index contributed by atoms with van der Waals surface area (Å²) in [6, 6.07) is 4.32. The molecule has 0 saturated carbocycles. The zero-order valence-corrected chi connectivity index (χ0v) is 12.9. The molecule has 0 fully saturated rings. The third-order valence-electron chi connectivity index (χ3n) is 2.54. The van der Waals surface area contributed by atoms with Crippen LogP contribution in [-0.2, 0) is 19.1 Å². The molecule has 0 unspecified atom stereocenters. The van der Waals surface area contributed by atoms with Crippen molar-refractivity contribution in [2.24, 2.45) is 0 Å². The number of rotatable bonds is 5.